The van der Waals surface area contributed by atoms with E-state index in [2.05, 4.69) is 4.98 Å². The standard InChI is InChI=1S/C12H8Cl3NO/c1-6-5-16-12(17)3-7(6)8-2-10(14)11(15)4-9(8)13/h2-5H,1H3,(H,16,17). The quantitative estimate of drug-likeness (QED) is 0.779. The third-order valence-corrected chi connectivity index (χ3v) is 3.47. The van der Waals surface area contributed by atoms with Crippen molar-refractivity contribution in [2.75, 3.05) is 0 Å². The van der Waals surface area contributed by atoms with Crippen molar-refractivity contribution in [3.63, 3.8) is 0 Å². The SMILES string of the molecule is Cc1c[nH]c(=O)cc1-c1cc(Cl)c(Cl)cc1Cl. The van der Waals surface area contributed by atoms with Crippen LogP contribution in [0.15, 0.2) is 29.2 Å². The fourth-order valence-electron chi connectivity index (χ4n) is 1.56. The van der Waals surface area contributed by atoms with Crippen LogP contribution in [0.5, 0.6) is 0 Å². The number of hydrogen-bond donors (Lipinski definition) is 1. The lowest BCUT2D eigenvalue weighted by Crippen LogP contribution is -2.04. The van der Waals surface area contributed by atoms with E-state index in [1.165, 1.54) is 6.07 Å². The Bertz CT molecular complexity index is 634. The molecule has 88 valence electrons. The number of aromatic nitrogens is 1. The second-order valence-corrected chi connectivity index (χ2v) is 4.86. The highest BCUT2D eigenvalue weighted by Gasteiger charge is 2.10. The Morgan fingerprint density at radius 3 is 2.29 bits per heavy atom. The van der Waals surface area contributed by atoms with Crippen LogP contribution in [0.3, 0.4) is 0 Å². The van der Waals surface area contributed by atoms with Crippen molar-refractivity contribution >= 4 is 34.8 Å². The Hall–Kier alpha value is -0.960. The Labute approximate surface area is 113 Å². The molecule has 0 fully saturated rings. The van der Waals surface area contributed by atoms with Crippen molar-refractivity contribution in [1.82, 2.24) is 4.98 Å². The third kappa shape index (κ3) is 2.49. The molecule has 17 heavy (non-hydrogen) atoms. The summed E-state index contributed by atoms with van der Waals surface area (Å²) in [5, 5.41) is 1.27. The predicted molar refractivity (Wildman–Crippen MR) is 72.3 cm³/mol. The number of rotatable bonds is 1. The number of aromatic amines is 1. The first-order chi connectivity index (χ1) is 7.99. The number of benzene rings is 1. The molecule has 0 atom stereocenters. The van der Waals surface area contributed by atoms with Gasteiger partial charge in [0, 0.05) is 22.8 Å². The summed E-state index contributed by atoms with van der Waals surface area (Å²) in [5.74, 6) is 0. The van der Waals surface area contributed by atoms with Gasteiger partial charge >= 0.3 is 0 Å². The zero-order chi connectivity index (χ0) is 12.6. The zero-order valence-electron chi connectivity index (χ0n) is 8.85. The molecule has 2 nitrogen and oxygen atoms in total. The van der Waals surface area contributed by atoms with Crippen LogP contribution >= 0.6 is 34.8 Å². The highest BCUT2D eigenvalue weighted by Crippen LogP contribution is 2.35. The van der Waals surface area contributed by atoms with Crippen LogP contribution in [0.1, 0.15) is 5.56 Å². The molecule has 0 saturated heterocycles. The first-order valence-corrected chi connectivity index (χ1v) is 5.96. The lowest BCUT2D eigenvalue weighted by Gasteiger charge is -2.09. The molecule has 5 heteroatoms. The Balaban J connectivity index is 2.72. The molecule has 0 amide bonds. The summed E-state index contributed by atoms with van der Waals surface area (Å²) in [4.78, 5) is 13.9. The number of hydrogen-bond acceptors (Lipinski definition) is 1. The number of nitrogens with one attached hydrogen (secondary N) is 1. The maximum Gasteiger partial charge on any atom is 0.248 e. The van der Waals surface area contributed by atoms with Crippen LogP contribution in [-0.2, 0) is 0 Å². The van der Waals surface area contributed by atoms with Gasteiger partial charge in [0.1, 0.15) is 0 Å². The number of halogens is 3. The fourth-order valence-corrected chi connectivity index (χ4v) is 2.21. The monoisotopic (exact) mass is 287 g/mol. The number of H-pyrrole nitrogens is 1. The average molecular weight is 289 g/mol. The number of pyridine rings is 1. The van der Waals surface area contributed by atoms with Gasteiger partial charge < -0.3 is 4.98 Å². The van der Waals surface area contributed by atoms with Crippen LogP contribution in [0, 0.1) is 6.92 Å². The molecule has 0 aliphatic rings. The molecule has 0 unspecified atom stereocenters. The van der Waals surface area contributed by atoms with E-state index in [0.29, 0.717) is 20.6 Å². The van der Waals surface area contributed by atoms with E-state index in [1.807, 2.05) is 6.92 Å². The van der Waals surface area contributed by atoms with Gasteiger partial charge in [0.05, 0.1) is 10.0 Å². The molecule has 1 N–H and O–H groups in total. The van der Waals surface area contributed by atoms with E-state index < -0.39 is 0 Å². The minimum Gasteiger partial charge on any atom is -0.329 e. The molecule has 2 rings (SSSR count). The van der Waals surface area contributed by atoms with Crippen LogP contribution in [0.4, 0.5) is 0 Å². The molecular weight excluding hydrogens is 280 g/mol. The minimum atomic E-state index is -0.187. The smallest absolute Gasteiger partial charge is 0.248 e. The van der Waals surface area contributed by atoms with E-state index in [0.717, 1.165) is 11.1 Å². The van der Waals surface area contributed by atoms with E-state index in [1.54, 1.807) is 18.3 Å². The van der Waals surface area contributed by atoms with Gasteiger partial charge in [-0.3, -0.25) is 4.79 Å². The zero-order valence-corrected chi connectivity index (χ0v) is 11.1. The summed E-state index contributed by atoms with van der Waals surface area (Å²) in [6.07, 6.45) is 1.64. The van der Waals surface area contributed by atoms with Crippen molar-refractivity contribution in [3.05, 3.63) is 55.4 Å². The van der Waals surface area contributed by atoms with Crippen molar-refractivity contribution in [1.29, 1.82) is 0 Å². The van der Waals surface area contributed by atoms with Crippen molar-refractivity contribution in [2.45, 2.75) is 6.92 Å². The van der Waals surface area contributed by atoms with Gasteiger partial charge in [0.15, 0.2) is 0 Å². The van der Waals surface area contributed by atoms with Crippen LogP contribution in [-0.4, -0.2) is 4.98 Å². The van der Waals surface area contributed by atoms with E-state index in [4.69, 9.17) is 34.8 Å². The Kier molecular flexibility index (Phi) is 3.48. The van der Waals surface area contributed by atoms with Gasteiger partial charge in [-0.15, -0.1) is 0 Å². The highest BCUT2D eigenvalue weighted by molar-refractivity contribution is 6.44. The minimum absolute atomic E-state index is 0.187. The summed E-state index contributed by atoms with van der Waals surface area (Å²) in [7, 11) is 0. The van der Waals surface area contributed by atoms with Gasteiger partial charge in [-0.1, -0.05) is 34.8 Å². The molecule has 0 radical (unpaired) electrons. The van der Waals surface area contributed by atoms with Gasteiger partial charge in [-0.2, -0.15) is 0 Å². The fraction of sp³-hybridized carbons (Fsp3) is 0.0833. The van der Waals surface area contributed by atoms with E-state index >= 15 is 0 Å². The first kappa shape index (κ1) is 12.5. The summed E-state index contributed by atoms with van der Waals surface area (Å²) in [5.41, 5.74) is 2.17. The predicted octanol–water partition coefficient (Wildman–Crippen LogP) is 4.31. The van der Waals surface area contributed by atoms with Gasteiger partial charge in [0.2, 0.25) is 5.56 Å². The van der Waals surface area contributed by atoms with Gasteiger partial charge in [0.25, 0.3) is 0 Å². The first-order valence-electron chi connectivity index (χ1n) is 4.83. The summed E-state index contributed by atoms with van der Waals surface area (Å²) >= 11 is 17.9. The molecule has 0 aliphatic carbocycles. The number of aryl methyl sites for hydroxylation is 1. The summed E-state index contributed by atoms with van der Waals surface area (Å²) in [6, 6.07) is 4.72. The second-order valence-electron chi connectivity index (χ2n) is 3.64. The van der Waals surface area contributed by atoms with E-state index in [9.17, 15) is 4.79 Å². The summed E-state index contributed by atoms with van der Waals surface area (Å²) in [6.45, 7) is 1.88. The molecule has 1 heterocycles. The maximum absolute atomic E-state index is 11.3. The van der Waals surface area contributed by atoms with Crippen molar-refractivity contribution < 1.29 is 0 Å². The molecule has 1 aromatic carbocycles. The van der Waals surface area contributed by atoms with Crippen LogP contribution in [0.25, 0.3) is 11.1 Å². The normalized spacial score (nSPS) is 10.6. The van der Waals surface area contributed by atoms with Crippen LogP contribution in [0.2, 0.25) is 15.1 Å². The molecule has 0 aliphatic heterocycles. The van der Waals surface area contributed by atoms with Crippen molar-refractivity contribution in [3.8, 4) is 11.1 Å². The molecule has 0 spiro atoms. The summed E-state index contributed by atoms with van der Waals surface area (Å²) < 4.78 is 0. The molecule has 0 saturated carbocycles. The van der Waals surface area contributed by atoms with Gasteiger partial charge in [-0.25, -0.2) is 0 Å². The molecule has 0 bridgehead atoms. The van der Waals surface area contributed by atoms with Crippen LogP contribution < -0.4 is 5.56 Å². The Morgan fingerprint density at radius 1 is 0.941 bits per heavy atom. The van der Waals surface area contributed by atoms with E-state index in [-0.39, 0.29) is 5.56 Å². The molecule has 1 aromatic heterocycles. The molecule has 2 aromatic rings. The van der Waals surface area contributed by atoms with Crippen molar-refractivity contribution in [2.24, 2.45) is 0 Å². The lowest BCUT2D eigenvalue weighted by molar-refractivity contribution is 1.20. The largest absolute Gasteiger partial charge is 0.329 e. The molecular formula is C12H8Cl3NO. The average Bonchev–Trinajstić information content (AvgIpc) is 2.27. The second kappa shape index (κ2) is 4.73. The topological polar surface area (TPSA) is 32.9 Å². The highest BCUT2D eigenvalue weighted by atomic mass is 35.5. The lowest BCUT2D eigenvalue weighted by atomic mass is 10.0. The maximum atomic E-state index is 11.3. The third-order valence-electron chi connectivity index (χ3n) is 2.43. The Morgan fingerprint density at radius 2 is 1.59 bits per heavy atom. The van der Waals surface area contributed by atoms with Gasteiger partial charge in [-0.05, 0) is 30.2 Å².